The van der Waals surface area contributed by atoms with Gasteiger partial charge in [0.05, 0.1) is 18.2 Å². The summed E-state index contributed by atoms with van der Waals surface area (Å²) in [6.07, 6.45) is 1.76. The molecule has 2 heterocycles. The Morgan fingerprint density at radius 1 is 1.38 bits per heavy atom. The Morgan fingerprint density at radius 3 is 2.81 bits per heavy atom. The summed E-state index contributed by atoms with van der Waals surface area (Å²) < 4.78 is 5.10. The topological polar surface area (TPSA) is 54.5 Å². The molecule has 2 rings (SSSR count). The van der Waals surface area contributed by atoms with Crippen molar-refractivity contribution in [1.29, 1.82) is 0 Å². The van der Waals surface area contributed by atoms with Gasteiger partial charge in [-0.25, -0.2) is 4.98 Å². The molecule has 0 aromatic carbocycles. The normalized spacial score (nSPS) is 16.7. The van der Waals surface area contributed by atoms with Crippen molar-refractivity contribution in [2.24, 2.45) is 5.92 Å². The summed E-state index contributed by atoms with van der Waals surface area (Å²) in [5.74, 6) is 0.961. The summed E-state index contributed by atoms with van der Waals surface area (Å²) in [5, 5.41) is 3.23. The number of hydrogen-bond acceptors (Lipinski definition) is 5. The molecule has 0 unspecified atom stereocenters. The van der Waals surface area contributed by atoms with E-state index in [1.54, 1.807) is 0 Å². The molecule has 1 saturated heterocycles. The highest BCUT2D eigenvalue weighted by Gasteiger charge is 2.25. The number of carbonyl (C=O) groups excluding carboxylic acids is 1. The fraction of sp³-hybridized carbons (Fsp3) is 0.625. The van der Waals surface area contributed by atoms with Gasteiger partial charge >= 0.3 is 5.97 Å². The molecule has 0 spiro atoms. The number of ether oxygens (including phenoxy) is 1. The molecular weight excluding hydrogens is 266 g/mol. The minimum absolute atomic E-state index is 0.0376. The minimum Gasteiger partial charge on any atom is -0.466 e. The number of rotatable bonds is 6. The zero-order chi connectivity index (χ0) is 15.1. The summed E-state index contributed by atoms with van der Waals surface area (Å²) in [6, 6.07) is 6.07. The Bertz CT molecular complexity index is 457. The maximum absolute atomic E-state index is 11.7. The van der Waals surface area contributed by atoms with E-state index in [9.17, 15) is 4.79 Å². The number of nitrogens with one attached hydrogen (secondary N) is 1. The van der Waals surface area contributed by atoms with E-state index in [4.69, 9.17) is 4.74 Å². The van der Waals surface area contributed by atoms with Crippen LogP contribution < -0.4 is 5.32 Å². The number of piperidine rings is 1. The molecule has 1 aliphatic rings. The molecule has 1 aromatic rings. The number of likely N-dealkylation sites (tertiary alicyclic amines) is 1. The Hall–Kier alpha value is -1.62. The first-order chi connectivity index (χ1) is 10.2. The number of pyridine rings is 1. The molecule has 5 heteroatoms. The van der Waals surface area contributed by atoms with Crippen molar-refractivity contribution in [3.63, 3.8) is 0 Å². The molecule has 0 amide bonds. The molecule has 1 aromatic heterocycles. The zero-order valence-electron chi connectivity index (χ0n) is 13.0. The second-order valence-corrected chi connectivity index (χ2v) is 5.35. The van der Waals surface area contributed by atoms with Crippen LogP contribution in [0.4, 0.5) is 5.82 Å². The molecule has 0 radical (unpaired) electrons. The number of esters is 1. The molecular formula is C16H25N3O2. The Kier molecular flexibility index (Phi) is 5.99. The summed E-state index contributed by atoms with van der Waals surface area (Å²) in [4.78, 5) is 18.7. The van der Waals surface area contributed by atoms with Crippen LogP contribution in [0.2, 0.25) is 0 Å². The summed E-state index contributed by atoms with van der Waals surface area (Å²) in [7, 11) is 0. The van der Waals surface area contributed by atoms with Crippen molar-refractivity contribution >= 4 is 11.8 Å². The molecule has 1 N–H and O–H groups in total. The lowest BCUT2D eigenvalue weighted by molar-refractivity contribution is -0.149. The van der Waals surface area contributed by atoms with Gasteiger partial charge in [0, 0.05) is 13.1 Å². The van der Waals surface area contributed by atoms with Crippen molar-refractivity contribution in [1.82, 2.24) is 9.88 Å². The quantitative estimate of drug-likeness (QED) is 0.815. The molecule has 0 saturated carbocycles. The first-order valence-corrected chi connectivity index (χ1v) is 7.81. The van der Waals surface area contributed by atoms with Gasteiger partial charge in [0.15, 0.2) is 0 Å². The van der Waals surface area contributed by atoms with Crippen LogP contribution in [0.5, 0.6) is 0 Å². The summed E-state index contributed by atoms with van der Waals surface area (Å²) in [5.41, 5.74) is 1.07. The van der Waals surface area contributed by atoms with Gasteiger partial charge in [-0.15, -0.1) is 0 Å². The lowest BCUT2D eigenvalue weighted by Gasteiger charge is -2.30. The average Bonchev–Trinajstić information content (AvgIpc) is 2.49. The Morgan fingerprint density at radius 2 is 2.14 bits per heavy atom. The van der Waals surface area contributed by atoms with E-state index in [0.717, 1.165) is 50.5 Å². The van der Waals surface area contributed by atoms with E-state index >= 15 is 0 Å². The van der Waals surface area contributed by atoms with E-state index in [2.05, 4.69) is 28.2 Å². The Balaban J connectivity index is 1.83. The minimum atomic E-state index is -0.0376. The van der Waals surface area contributed by atoms with E-state index in [-0.39, 0.29) is 11.9 Å². The number of carbonyl (C=O) groups is 1. The van der Waals surface area contributed by atoms with Gasteiger partial charge in [-0.1, -0.05) is 6.07 Å². The van der Waals surface area contributed by atoms with Gasteiger partial charge in [0.1, 0.15) is 5.82 Å². The fourth-order valence-electron chi connectivity index (χ4n) is 2.66. The highest BCUT2D eigenvalue weighted by atomic mass is 16.5. The molecule has 1 fully saturated rings. The van der Waals surface area contributed by atoms with Crippen LogP contribution in [0.15, 0.2) is 18.2 Å². The molecule has 0 aliphatic carbocycles. The van der Waals surface area contributed by atoms with Crippen LogP contribution in [-0.4, -0.2) is 42.1 Å². The average molecular weight is 291 g/mol. The van der Waals surface area contributed by atoms with Crippen LogP contribution in [0, 0.1) is 5.92 Å². The van der Waals surface area contributed by atoms with E-state index in [1.807, 2.05) is 19.1 Å². The van der Waals surface area contributed by atoms with Gasteiger partial charge in [0.2, 0.25) is 0 Å². The summed E-state index contributed by atoms with van der Waals surface area (Å²) >= 11 is 0. The predicted molar refractivity (Wildman–Crippen MR) is 83.0 cm³/mol. The standard InChI is InChI=1S/C16H25N3O2/c1-3-17-15-7-5-6-14(18-15)12-19-10-8-13(9-11-19)16(20)21-4-2/h5-7,13H,3-4,8-12H2,1-2H3,(H,17,18). The maximum atomic E-state index is 11.7. The van der Waals surface area contributed by atoms with Gasteiger partial charge < -0.3 is 10.1 Å². The second-order valence-electron chi connectivity index (χ2n) is 5.35. The van der Waals surface area contributed by atoms with Crippen molar-refractivity contribution in [3.8, 4) is 0 Å². The number of nitrogens with zero attached hydrogens (tertiary/aromatic N) is 2. The van der Waals surface area contributed by atoms with E-state index in [0.29, 0.717) is 6.61 Å². The zero-order valence-corrected chi connectivity index (χ0v) is 13.0. The molecule has 1 aliphatic heterocycles. The number of aromatic nitrogens is 1. The second kappa shape index (κ2) is 7.98. The lowest BCUT2D eigenvalue weighted by Crippen LogP contribution is -2.36. The fourth-order valence-corrected chi connectivity index (χ4v) is 2.66. The van der Waals surface area contributed by atoms with Crippen molar-refractivity contribution in [2.75, 3.05) is 31.6 Å². The number of anilines is 1. The third-order valence-electron chi connectivity index (χ3n) is 3.76. The molecule has 0 atom stereocenters. The van der Waals surface area contributed by atoms with Crippen LogP contribution in [0.25, 0.3) is 0 Å². The van der Waals surface area contributed by atoms with Crippen LogP contribution >= 0.6 is 0 Å². The first-order valence-electron chi connectivity index (χ1n) is 7.81. The van der Waals surface area contributed by atoms with Gasteiger partial charge in [-0.2, -0.15) is 0 Å². The largest absolute Gasteiger partial charge is 0.466 e. The highest BCUT2D eigenvalue weighted by molar-refractivity contribution is 5.72. The molecule has 5 nitrogen and oxygen atoms in total. The third-order valence-corrected chi connectivity index (χ3v) is 3.76. The maximum Gasteiger partial charge on any atom is 0.309 e. The highest BCUT2D eigenvalue weighted by Crippen LogP contribution is 2.20. The number of hydrogen-bond donors (Lipinski definition) is 1. The van der Waals surface area contributed by atoms with Crippen molar-refractivity contribution < 1.29 is 9.53 Å². The SMILES string of the molecule is CCNc1cccc(CN2CCC(C(=O)OCC)CC2)n1. The van der Waals surface area contributed by atoms with Crippen LogP contribution in [-0.2, 0) is 16.1 Å². The van der Waals surface area contributed by atoms with Gasteiger partial charge in [-0.3, -0.25) is 9.69 Å². The van der Waals surface area contributed by atoms with Crippen molar-refractivity contribution in [2.45, 2.75) is 33.2 Å². The van der Waals surface area contributed by atoms with E-state index in [1.165, 1.54) is 0 Å². The third kappa shape index (κ3) is 4.70. The van der Waals surface area contributed by atoms with Gasteiger partial charge in [-0.05, 0) is 51.9 Å². The molecule has 21 heavy (non-hydrogen) atoms. The van der Waals surface area contributed by atoms with E-state index < -0.39 is 0 Å². The van der Waals surface area contributed by atoms with Gasteiger partial charge in [0.25, 0.3) is 0 Å². The van der Waals surface area contributed by atoms with Crippen LogP contribution in [0.1, 0.15) is 32.4 Å². The molecule has 0 bridgehead atoms. The smallest absolute Gasteiger partial charge is 0.309 e. The first kappa shape index (κ1) is 15.8. The van der Waals surface area contributed by atoms with Crippen LogP contribution in [0.3, 0.4) is 0 Å². The summed E-state index contributed by atoms with van der Waals surface area (Å²) in [6.45, 7) is 7.97. The van der Waals surface area contributed by atoms with Crippen molar-refractivity contribution in [3.05, 3.63) is 23.9 Å². The monoisotopic (exact) mass is 291 g/mol. The molecule has 116 valence electrons. The lowest BCUT2D eigenvalue weighted by atomic mass is 9.97. The predicted octanol–water partition coefficient (Wildman–Crippen LogP) is 2.29. The Labute approximate surface area is 126 Å².